The van der Waals surface area contributed by atoms with Gasteiger partial charge in [0.15, 0.2) is 0 Å². The fourth-order valence-corrected chi connectivity index (χ4v) is 4.39. The summed E-state index contributed by atoms with van der Waals surface area (Å²) in [4.78, 5) is 36.3. The second kappa shape index (κ2) is 9.42. The van der Waals surface area contributed by atoms with Gasteiger partial charge in [-0.15, -0.1) is 0 Å². The highest BCUT2D eigenvalue weighted by Gasteiger charge is 2.38. The number of carbonyl (C=O) groups is 3. The number of alkyl carbamates (subject to hydrolysis) is 1. The Balaban J connectivity index is 1.39. The number of fused-ring (bicyclic) bond motifs is 3. The van der Waals surface area contributed by atoms with Crippen LogP contribution < -0.4 is 10.6 Å². The van der Waals surface area contributed by atoms with Gasteiger partial charge < -0.3 is 20.5 Å². The normalized spacial score (nSPS) is 16.4. The van der Waals surface area contributed by atoms with E-state index in [9.17, 15) is 14.4 Å². The van der Waals surface area contributed by atoms with Gasteiger partial charge in [-0.1, -0.05) is 55.5 Å². The minimum atomic E-state index is -0.968. The number of carboxylic acids is 1. The van der Waals surface area contributed by atoms with Gasteiger partial charge in [-0.3, -0.25) is 9.59 Å². The van der Waals surface area contributed by atoms with E-state index >= 15 is 0 Å². The molecule has 32 heavy (non-hydrogen) atoms. The molecule has 1 unspecified atom stereocenters. The maximum absolute atomic E-state index is 12.7. The lowest BCUT2D eigenvalue weighted by Gasteiger charge is -2.22. The molecule has 0 saturated heterocycles. The summed E-state index contributed by atoms with van der Waals surface area (Å²) >= 11 is 0. The van der Waals surface area contributed by atoms with Crippen LogP contribution in [0.25, 0.3) is 11.1 Å². The Bertz CT molecular complexity index is 971. The molecule has 0 bridgehead atoms. The topological polar surface area (TPSA) is 105 Å². The van der Waals surface area contributed by atoms with Crippen LogP contribution in [0.5, 0.6) is 0 Å². The number of hydrogen-bond acceptors (Lipinski definition) is 4. The third kappa shape index (κ3) is 4.77. The number of ether oxygens (including phenoxy) is 1. The van der Waals surface area contributed by atoms with Gasteiger partial charge >= 0.3 is 12.1 Å². The Labute approximate surface area is 187 Å². The number of benzene rings is 2. The molecule has 0 aliphatic heterocycles. The van der Waals surface area contributed by atoms with Crippen molar-refractivity contribution in [1.82, 2.24) is 10.6 Å². The van der Waals surface area contributed by atoms with Crippen molar-refractivity contribution in [3.8, 4) is 11.1 Å². The molecule has 2 aromatic carbocycles. The van der Waals surface area contributed by atoms with Crippen LogP contribution in [-0.2, 0) is 14.3 Å². The number of amides is 2. The van der Waals surface area contributed by atoms with E-state index in [-0.39, 0.29) is 30.8 Å². The first kappa shape index (κ1) is 21.9. The summed E-state index contributed by atoms with van der Waals surface area (Å²) in [6.07, 6.45) is 1.41. The maximum atomic E-state index is 12.7. The zero-order valence-electron chi connectivity index (χ0n) is 18.0. The van der Waals surface area contributed by atoms with Crippen LogP contribution in [-0.4, -0.2) is 41.8 Å². The molecule has 1 saturated carbocycles. The molecule has 0 spiro atoms. The quantitative estimate of drug-likeness (QED) is 0.556. The standard InChI is InChI=1S/C25H28N2O5/c1-2-16(13-22(28)29)26-24(30)23(15-11-12-15)27-25(31)32-14-21-19-9-5-3-7-17(19)18-8-4-6-10-20(18)21/h3-10,15-16,21,23H,2,11-14H2,1H3,(H,26,30)(H,27,31)(H,28,29)/t16-,23?/m0/s1. The lowest BCUT2D eigenvalue weighted by atomic mass is 9.98. The van der Waals surface area contributed by atoms with Crippen molar-refractivity contribution in [3.05, 3.63) is 59.7 Å². The predicted molar refractivity (Wildman–Crippen MR) is 119 cm³/mol. The molecule has 0 radical (unpaired) electrons. The van der Waals surface area contributed by atoms with Gasteiger partial charge in [0.25, 0.3) is 0 Å². The van der Waals surface area contributed by atoms with Gasteiger partial charge in [0, 0.05) is 12.0 Å². The summed E-state index contributed by atoms with van der Waals surface area (Å²) < 4.78 is 5.57. The van der Waals surface area contributed by atoms with Crippen LogP contribution in [0.4, 0.5) is 4.79 Å². The van der Waals surface area contributed by atoms with E-state index in [1.54, 1.807) is 0 Å². The molecule has 2 amide bonds. The molecular formula is C25H28N2O5. The van der Waals surface area contributed by atoms with E-state index in [0.29, 0.717) is 6.42 Å². The molecule has 0 aromatic heterocycles. The molecule has 1 fully saturated rings. The third-order valence-electron chi connectivity index (χ3n) is 6.25. The Morgan fingerprint density at radius 3 is 2.12 bits per heavy atom. The van der Waals surface area contributed by atoms with Gasteiger partial charge in [-0.05, 0) is 47.4 Å². The highest BCUT2D eigenvalue weighted by atomic mass is 16.5. The molecule has 7 heteroatoms. The third-order valence-corrected chi connectivity index (χ3v) is 6.25. The highest BCUT2D eigenvalue weighted by Crippen LogP contribution is 2.44. The number of aliphatic carboxylic acids is 1. The fraction of sp³-hybridized carbons (Fsp3) is 0.400. The van der Waals surface area contributed by atoms with E-state index in [2.05, 4.69) is 34.9 Å². The summed E-state index contributed by atoms with van der Waals surface area (Å²) in [5.74, 6) is -1.32. The summed E-state index contributed by atoms with van der Waals surface area (Å²) in [6, 6.07) is 15.0. The van der Waals surface area contributed by atoms with Crippen molar-refractivity contribution in [2.75, 3.05) is 6.61 Å². The van der Waals surface area contributed by atoms with Crippen LogP contribution in [0.15, 0.2) is 48.5 Å². The summed E-state index contributed by atoms with van der Waals surface area (Å²) in [5, 5.41) is 14.5. The fourth-order valence-electron chi connectivity index (χ4n) is 4.39. The summed E-state index contributed by atoms with van der Waals surface area (Å²) in [5.41, 5.74) is 4.54. The molecule has 0 heterocycles. The Morgan fingerprint density at radius 2 is 1.59 bits per heavy atom. The molecule has 3 N–H and O–H groups in total. The monoisotopic (exact) mass is 436 g/mol. The van der Waals surface area contributed by atoms with Crippen LogP contribution in [0, 0.1) is 5.92 Å². The minimum absolute atomic E-state index is 0.0535. The Hall–Kier alpha value is -3.35. The predicted octanol–water partition coefficient (Wildman–Crippen LogP) is 3.67. The molecule has 2 aromatic rings. The lowest BCUT2D eigenvalue weighted by molar-refractivity contribution is -0.137. The van der Waals surface area contributed by atoms with Crippen molar-refractivity contribution in [3.63, 3.8) is 0 Å². The van der Waals surface area contributed by atoms with E-state index in [0.717, 1.165) is 35.1 Å². The Kier molecular flexibility index (Phi) is 6.44. The van der Waals surface area contributed by atoms with Crippen LogP contribution in [0.1, 0.15) is 49.7 Å². The van der Waals surface area contributed by atoms with E-state index in [1.165, 1.54) is 0 Å². The lowest BCUT2D eigenvalue weighted by Crippen LogP contribution is -2.51. The molecule has 2 atom stereocenters. The number of carboxylic acid groups (broad SMARTS) is 1. The van der Waals surface area contributed by atoms with Crippen molar-refractivity contribution in [1.29, 1.82) is 0 Å². The second-order valence-corrected chi connectivity index (χ2v) is 8.50. The highest BCUT2D eigenvalue weighted by molar-refractivity contribution is 5.87. The van der Waals surface area contributed by atoms with Crippen molar-refractivity contribution in [2.24, 2.45) is 5.92 Å². The summed E-state index contributed by atoms with van der Waals surface area (Å²) in [7, 11) is 0. The smallest absolute Gasteiger partial charge is 0.407 e. The average molecular weight is 437 g/mol. The molecule has 2 aliphatic carbocycles. The number of hydrogen-bond donors (Lipinski definition) is 3. The van der Waals surface area contributed by atoms with Gasteiger partial charge in [0.2, 0.25) is 5.91 Å². The van der Waals surface area contributed by atoms with Crippen molar-refractivity contribution in [2.45, 2.75) is 50.6 Å². The van der Waals surface area contributed by atoms with Crippen LogP contribution >= 0.6 is 0 Å². The van der Waals surface area contributed by atoms with E-state index in [1.807, 2.05) is 31.2 Å². The first-order valence-electron chi connectivity index (χ1n) is 11.1. The van der Waals surface area contributed by atoms with Crippen LogP contribution in [0.2, 0.25) is 0 Å². The van der Waals surface area contributed by atoms with Crippen LogP contribution in [0.3, 0.4) is 0 Å². The van der Waals surface area contributed by atoms with Gasteiger partial charge in [-0.25, -0.2) is 4.79 Å². The second-order valence-electron chi connectivity index (χ2n) is 8.50. The number of nitrogens with one attached hydrogen (secondary N) is 2. The SMILES string of the molecule is CC[C@@H](CC(=O)O)NC(=O)C(NC(=O)OCC1c2ccccc2-c2ccccc21)C1CC1. The Morgan fingerprint density at radius 1 is 1.00 bits per heavy atom. The van der Waals surface area contributed by atoms with Crippen molar-refractivity contribution < 1.29 is 24.2 Å². The largest absolute Gasteiger partial charge is 0.481 e. The van der Waals surface area contributed by atoms with Gasteiger partial charge in [0.05, 0.1) is 6.42 Å². The number of rotatable bonds is 9. The van der Waals surface area contributed by atoms with Gasteiger partial charge in [-0.2, -0.15) is 0 Å². The molecule has 4 rings (SSSR count). The van der Waals surface area contributed by atoms with Crippen molar-refractivity contribution >= 4 is 18.0 Å². The first-order valence-corrected chi connectivity index (χ1v) is 11.1. The van der Waals surface area contributed by atoms with E-state index in [4.69, 9.17) is 9.84 Å². The summed E-state index contributed by atoms with van der Waals surface area (Å²) in [6.45, 7) is 1.99. The first-order chi connectivity index (χ1) is 15.5. The maximum Gasteiger partial charge on any atom is 0.407 e. The molecule has 2 aliphatic rings. The zero-order valence-corrected chi connectivity index (χ0v) is 18.0. The zero-order chi connectivity index (χ0) is 22.7. The van der Waals surface area contributed by atoms with E-state index < -0.39 is 24.1 Å². The minimum Gasteiger partial charge on any atom is -0.481 e. The molecular weight excluding hydrogens is 408 g/mol. The average Bonchev–Trinajstić information content (AvgIpc) is 3.57. The molecule has 168 valence electrons. The number of carbonyl (C=O) groups excluding carboxylic acids is 2. The van der Waals surface area contributed by atoms with Gasteiger partial charge in [0.1, 0.15) is 12.6 Å². The molecule has 7 nitrogen and oxygen atoms in total.